The van der Waals surface area contributed by atoms with Crippen molar-refractivity contribution >= 4 is 11.5 Å². The minimum Gasteiger partial charge on any atom is -0.384 e. The van der Waals surface area contributed by atoms with Crippen LogP contribution in [0.25, 0.3) is 0 Å². The van der Waals surface area contributed by atoms with Crippen molar-refractivity contribution in [2.24, 2.45) is 0 Å². The van der Waals surface area contributed by atoms with Crippen molar-refractivity contribution in [3.05, 3.63) is 41.3 Å². The number of nitrogen functional groups attached to an aromatic ring is 1. The van der Waals surface area contributed by atoms with Crippen LogP contribution < -0.4 is 11.1 Å². The summed E-state index contributed by atoms with van der Waals surface area (Å²) in [6.45, 7) is 0.366. The number of nitrogens with zero attached hydrogens (tertiary/aromatic N) is 2. The molecule has 2 rings (SSSR count). The number of aromatic amines is 1. The fourth-order valence-electron chi connectivity index (χ4n) is 1.38. The second kappa shape index (κ2) is 4.53. The van der Waals surface area contributed by atoms with Gasteiger partial charge in [-0.3, -0.25) is 5.10 Å². The van der Waals surface area contributed by atoms with Gasteiger partial charge in [0.05, 0.1) is 23.5 Å². The first-order valence-corrected chi connectivity index (χ1v) is 4.92. The van der Waals surface area contributed by atoms with Gasteiger partial charge in [-0.1, -0.05) is 0 Å². The highest BCUT2D eigenvalue weighted by Gasteiger charge is 2.05. The number of hydrogen-bond acceptors (Lipinski definition) is 4. The molecule has 2 aromatic rings. The Hall–Kier alpha value is -2.55. The maximum Gasteiger partial charge on any atom is 0.147 e. The Bertz CT molecular complexity index is 569. The zero-order valence-electron chi connectivity index (χ0n) is 8.87. The van der Waals surface area contributed by atoms with E-state index in [1.54, 1.807) is 12.3 Å². The molecule has 5 nitrogen and oxygen atoms in total. The molecule has 1 aromatic carbocycles. The molecule has 86 valence electrons. The Kier molecular flexibility index (Phi) is 2.92. The van der Waals surface area contributed by atoms with Crippen LogP contribution >= 0.6 is 0 Å². The van der Waals surface area contributed by atoms with Crippen molar-refractivity contribution in [3.63, 3.8) is 0 Å². The molecule has 0 aliphatic heterocycles. The summed E-state index contributed by atoms with van der Waals surface area (Å²) in [5.41, 5.74) is 6.96. The van der Waals surface area contributed by atoms with E-state index < -0.39 is 5.82 Å². The summed E-state index contributed by atoms with van der Waals surface area (Å²) in [4.78, 5) is 0. The largest absolute Gasteiger partial charge is 0.384 e. The molecule has 0 saturated heterocycles. The maximum atomic E-state index is 13.5. The zero-order chi connectivity index (χ0) is 12.3. The third-order valence-electron chi connectivity index (χ3n) is 2.32. The average Bonchev–Trinajstić information content (AvgIpc) is 2.73. The minimum atomic E-state index is -0.467. The summed E-state index contributed by atoms with van der Waals surface area (Å²) in [7, 11) is 0. The summed E-state index contributed by atoms with van der Waals surface area (Å²) in [6.07, 6.45) is 1.57. The molecule has 0 fully saturated rings. The van der Waals surface area contributed by atoms with Crippen molar-refractivity contribution in [2.75, 3.05) is 11.1 Å². The summed E-state index contributed by atoms with van der Waals surface area (Å²) < 4.78 is 13.5. The molecular formula is C11H10FN5. The Balaban J connectivity index is 2.10. The lowest BCUT2D eigenvalue weighted by atomic mass is 10.2. The molecule has 0 amide bonds. The van der Waals surface area contributed by atoms with Crippen LogP contribution in [0.15, 0.2) is 24.4 Å². The van der Waals surface area contributed by atoms with Gasteiger partial charge >= 0.3 is 0 Å². The Morgan fingerprint density at radius 3 is 2.94 bits per heavy atom. The highest BCUT2D eigenvalue weighted by atomic mass is 19.1. The Morgan fingerprint density at radius 1 is 1.53 bits per heavy atom. The number of hydrogen-bond donors (Lipinski definition) is 3. The molecule has 0 aliphatic rings. The van der Waals surface area contributed by atoms with Crippen molar-refractivity contribution in [1.82, 2.24) is 10.2 Å². The molecule has 0 unspecified atom stereocenters. The number of aromatic nitrogens is 2. The second-order valence-corrected chi connectivity index (χ2v) is 3.47. The average molecular weight is 231 g/mol. The van der Waals surface area contributed by atoms with Gasteiger partial charge in [0, 0.05) is 12.1 Å². The maximum absolute atomic E-state index is 13.5. The first-order chi connectivity index (χ1) is 8.20. The number of anilines is 2. The van der Waals surface area contributed by atoms with Crippen molar-refractivity contribution in [2.45, 2.75) is 6.54 Å². The lowest BCUT2D eigenvalue weighted by Gasteiger charge is -2.06. The summed E-state index contributed by atoms with van der Waals surface area (Å²) >= 11 is 0. The quantitative estimate of drug-likeness (QED) is 0.748. The van der Waals surface area contributed by atoms with E-state index in [-0.39, 0.29) is 5.56 Å². The molecule has 0 spiro atoms. The van der Waals surface area contributed by atoms with Crippen LogP contribution in [-0.4, -0.2) is 10.2 Å². The van der Waals surface area contributed by atoms with Gasteiger partial charge in [0.15, 0.2) is 0 Å². The first-order valence-electron chi connectivity index (χ1n) is 4.92. The third kappa shape index (κ3) is 2.34. The lowest BCUT2D eigenvalue weighted by molar-refractivity contribution is 0.629. The highest BCUT2D eigenvalue weighted by Crippen LogP contribution is 2.17. The number of nitriles is 1. The standard InChI is InChI=1S/C11H10FN5/c12-9-3-7(4-13)1-2-10(9)15-5-8-6-16-17-11(8)14/h1-3,6,15H,5H2,(H3,14,16,17). The smallest absolute Gasteiger partial charge is 0.147 e. The lowest BCUT2D eigenvalue weighted by Crippen LogP contribution is -2.03. The van der Waals surface area contributed by atoms with Crippen molar-refractivity contribution < 1.29 is 4.39 Å². The van der Waals surface area contributed by atoms with Crippen LogP contribution in [0, 0.1) is 17.1 Å². The first kappa shape index (κ1) is 11.0. The van der Waals surface area contributed by atoms with Gasteiger partial charge in [0.2, 0.25) is 0 Å². The molecule has 1 aromatic heterocycles. The van der Waals surface area contributed by atoms with Gasteiger partial charge in [-0.05, 0) is 18.2 Å². The molecule has 0 bridgehead atoms. The van der Waals surface area contributed by atoms with E-state index in [9.17, 15) is 4.39 Å². The van der Waals surface area contributed by atoms with Gasteiger partial charge < -0.3 is 11.1 Å². The molecule has 1 heterocycles. The summed E-state index contributed by atoms with van der Waals surface area (Å²) in [5, 5.41) is 17.8. The van der Waals surface area contributed by atoms with Crippen LogP contribution in [0.5, 0.6) is 0 Å². The number of H-pyrrole nitrogens is 1. The van der Waals surface area contributed by atoms with Gasteiger partial charge in [-0.25, -0.2) is 4.39 Å². The van der Waals surface area contributed by atoms with E-state index in [0.29, 0.717) is 18.1 Å². The third-order valence-corrected chi connectivity index (χ3v) is 2.32. The van der Waals surface area contributed by atoms with Gasteiger partial charge in [-0.15, -0.1) is 0 Å². The number of nitrogens with one attached hydrogen (secondary N) is 2. The molecule has 0 atom stereocenters. The molecule has 6 heteroatoms. The van der Waals surface area contributed by atoms with E-state index in [0.717, 1.165) is 5.56 Å². The van der Waals surface area contributed by atoms with E-state index >= 15 is 0 Å². The van der Waals surface area contributed by atoms with Gasteiger partial charge in [0.25, 0.3) is 0 Å². The van der Waals surface area contributed by atoms with E-state index in [4.69, 9.17) is 11.0 Å². The van der Waals surface area contributed by atoms with Crippen LogP contribution in [0.3, 0.4) is 0 Å². The molecule has 0 radical (unpaired) electrons. The molecule has 0 saturated carbocycles. The monoisotopic (exact) mass is 231 g/mol. The van der Waals surface area contributed by atoms with E-state index in [1.165, 1.54) is 12.1 Å². The van der Waals surface area contributed by atoms with E-state index in [2.05, 4.69) is 15.5 Å². The van der Waals surface area contributed by atoms with Crippen molar-refractivity contribution in [3.8, 4) is 6.07 Å². The van der Waals surface area contributed by atoms with E-state index in [1.807, 2.05) is 6.07 Å². The SMILES string of the molecule is N#Cc1ccc(NCc2cn[nH]c2N)c(F)c1. The fourth-order valence-corrected chi connectivity index (χ4v) is 1.38. The van der Waals surface area contributed by atoms with Gasteiger partial charge in [-0.2, -0.15) is 10.4 Å². The number of halogens is 1. The summed E-state index contributed by atoms with van der Waals surface area (Å²) in [6, 6.07) is 6.12. The predicted octanol–water partition coefficient (Wildman–Crippen LogP) is 1.61. The Labute approximate surface area is 97.1 Å². The zero-order valence-corrected chi connectivity index (χ0v) is 8.87. The van der Waals surface area contributed by atoms with Gasteiger partial charge in [0.1, 0.15) is 11.6 Å². The topological polar surface area (TPSA) is 90.5 Å². The molecule has 4 N–H and O–H groups in total. The normalized spacial score (nSPS) is 9.88. The van der Waals surface area contributed by atoms with Crippen molar-refractivity contribution in [1.29, 1.82) is 5.26 Å². The minimum absolute atomic E-state index is 0.288. The number of rotatable bonds is 3. The van der Waals surface area contributed by atoms with Crippen LogP contribution in [0.4, 0.5) is 15.9 Å². The van der Waals surface area contributed by atoms with Crippen LogP contribution in [0.1, 0.15) is 11.1 Å². The highest BCUT2D eigenvalue weighted by molar-refractivity contribution is 5.50. The van der Waals surface area contributed by atoms with Crippen LogP contribution in [-0.2, 0) is 6.54 Å². The number of nitrogens with two attached hydrogens (primary N) is 1. The van der Waals surface area contributed by atoms with Crippen LogP contribution in [0.2, 0.25) is 0 Å². The molecule has 0 aliphatic carbocycles. The second-order valence-electron chi connectivity index (χ2n) is 3.47. The predicted molar refractivity (Wildman–Crippen MR) is 61.4 cm³/mol. The Morgan fingerprint density at radius 2 is 2.35 bits per heavy atom. The number of benzene rings is 1. The fraction of sp³-hybridized carbons (Fsp3) is 0.0909. The summed E-state index contributed by atoms with van der Waals surface area (Å²) in [5.74, 6) is -0.0160. The molecular weight excluding hydrogens is 221 g/mol. The molecule has 17 heavy (non-hydrogen) atoms.